The van der Waals surface area contributed by atoms with Crippen LogP contribution >= 0.6 is 0 Å². The Labute approximate surface area is 47.5 Å². The van der Waals surface area contributed by atoms with Gasteiger partial charge in [-0.1, -0.05) is 6.58 Å². The number of esters is 1. The summed E-state index contributed by atoms with van der Waals surface area (Å²) in [6.45, 7) is 3.47. The summed E-state index contributed by atoms with van der Waals surface area (Å²) in [6.07, 6.45) is 3.76. The summed E-state index contributed by atoms with van der Waals surface area (Å²) in [7, 11) is 0. The maximum Gasteiger partial charge on any atom is 0.338 e. The predicted molar refractivity (Wildman–Crippen MR) is 29.0 cm³/mol. The molecule has 0 amide bonds. The SMILES string of the molecule is C=C1CC=COC1=O. The summed E-state index contributed by atoms with van der Waals surface area (Å²) in [6, 6.07) is 0. The van der Waals surface area contributed by atoms with Gasteiger partial charge in [-0.3, -0.25) is 0 Å². The number of cyclic esters (lactones) is 1. The summed E-state index contributed by atoms with van der Waals surface area (Å²) in [5.41, 5.74) is 0.521. The van der Waals surface area contributed by atoms with Crippen molar-refractivity contribution in [2.75, 3.05) is 0 Å². The van der Waals surface area contributed by atoms with Gasteiger partial charge in [0.05, 0.1) is 6.26 Å². The van der Waals surface area contributed by atoms with Gasteiger partial charge in [0.25, 0.3) is 0 Å². The lowest BCUT2D eigenvalue weighted by Gasteiger charge is -2.03. The second-order valence-corrected chi connectivity index (χ2v) is 1.58. The standard InChI is InChI=1S/C6H6O2/c1-5-3-2-4-8-6(5)7/h2,4H,1,3H2. The smallest absolute Gasteiger partial charge is 0.338 e. The van der Waals surface area contributed by atoms with Crippen LogP contribution in [0.3, 0.4) is 0 Å². The molecule has 1 rings (SSSR count). The number of rotatable bonds is 0. The zero-order valence-corrected chi connectivity index (χ0v) is 4.39. The molecule has 0 aromatic rings. The Hall–Kier alpha value is -1.05. The van der Waals surface area contributed by atoms with Gasteiger partial charge in [-0.15, -0.1) is 0 Å². The molecular formula is C6H6O2. The fourth-order valence-electron chi connectivity index (χ4n) is 0.467. The summed E-state index contributed by atoms with van der Waals surface area (Å²) in [5.74, 6) is -0.312. The normalized spacial score (nSPS) is 18.5. The van der Waals surface area contributed by atoms with E-state index in [0.717, 1.165) is 0 Å². The average molecular weight is 110 g/mol. The Morgan fingerprint density at radius 1 is 1.75 bits per heavy atom. The van der Waals surface area contributed by atoms with Gasteiger partial charge in [-0.25, -0.2) is 4.79 Å². The third kappa shape index (κ3) is 0.780. The fraction of sp³-hybridized carbons (Fsp3) is 0.167. The molecule has 0 N–H and O–H groups in total. The first kappa shape index (κ1) is 5.09. The molecule has 0 atom stereocenters. The minimum absolute atomic E-state index is 0.312. The molecule has 1 aliphatic heterocycles. The molecule has 42 valence electrons. The van der Waals surface area contributed by atoms with Crippen LogP contribution in [0.5, 0.6) is 0 Å². The highest BCUT2D eigenvalue weighted by Gasteiger charge is 2.07. The van der Waals surface area contributed by atoms with Crippen LogP contribution < -0.4 is 0 Å². The Morgan fingerprint density at radius 2 is 2.50 bits per heavy atom. The highest BCUT2D eigenvalue weighted by atomic mass is 16.5. The van der Waals surface area contributed by atoms with E-state index in [9.17, 15) is 4.79 Å². The molecule has 1 heterocycles. The minimum atomic E-state index is -0.312. The Balaban J connectivity index is 2.71. The lowest BCUT2D eigenvalue weighted by molar-refractivity contribution is -0.134. The number of carbonyl (C=O) groups excluding carboxylic acids is 1. The van der Waals surface area contributed by atoms with Crippen molar-refractivity contribution in [2.24, 2.45) is 0 Å². The second-order valence-electron chi connectivity index (χ2n) is 1.58. The van der Waals surface area contributed by atoms with E-state index in [-0.39, 0.29) is 5.97 Å². The molecule has 0 aromatic heterocycles. The van der Waals surface area contributed by atoms with Crippen molar-refractivity contribution in [3.05, 3.63) is 24.5 Å². The minimum Gasteiger partial charge on any atom is -0.431 e. The van der Waals surface area contributed by atoms with Crippen LogP contribution in [-0.2, 0) is 9.53 Å². The largest absolute Gasteiger partial charge is 0.431 e. The molecule has 0 unspecified atom stereocenters. The highest BCUT2D eigenvalue weighted by Crippen LogP contribution is 2.07. The molecule has 8 heavy (non-hydrogen) atoms. The number of hydrogen-bond acceptors (Lipinski definition) is 2. The molecule has 2 heteroatoms. The Morgan fingerprint density at radius 3 is 2.88 bits per heavy atom. The first-order valence-electron chi connectivity index (χ1n) is 2.34. The van der Waals surface area contributed by atoms with Gasteiger partial charge in [0.2, 0.25) is 0 Å². The lowest BCUT2D eigenvalue weighted by atomic mass is 10.2. The summed E-state index contributed by atoms with van der Waals surface area (Å²) in [4.78, 5) is 10.4. The van der Waals surface area contributed by atoms with Crippen LogP contribution in [0, 0.1) is 0 Å². The van der Waals surface area contributed by atoms with E-state index < -0.39 is 0 Å². The first-order chi connectivity index (χ1) is 3.80. The quantitative estimate of drug-likeness (QED) is 0.343. The Bertz CT molecular complexity index is 138. The van der Waals surface area contributed by atoms with Gasteiger partial charge in [0.15, 0.2) is 0 Å². The van der Waals surface area contributed by atoms with E-state index in [1.807, 2.05) is 0 Å². The zero-order valence-electron chi connectivity index (χ0n) is 4.39. The molecule has 0 spiro atoms. The molecule has 0 radical (unpaired) electrons. The van der Waals surface area contributed by atoms with Crippen LogP contribution in [-0.4, -0.2) is 5.97 Å². The van der Waals surface area contributed by atoms with Gasteiger partial charge in [-0.2, -0.15) is 0 Å². The molecular weight excluding hydrogens is 104 g/mol. The second kappa shape index (κ2) is 1.82. The molecule has 1 aliphatic rings. The van der Waals surface area contributed by atoms with Crippen molar-refractivity contribution in [1.29, 1.82) is 0 Å². The summed E-state index contributed by atoms with van der Waals surface area (Å²) < 4.78 is 4.47. The van der Waals surface area contributed by atoms with Gasteiger partial charge in [0, 0.05) is 12.0 Å². The van der Waals surface area contributed by atoms with E-state index in [4.69, 9.17) is 0 Å². The molecule has 0 bridgehead atoms. The van der Waals surface area contributed by atoms with Crippen molar-refractivity contribution in [3.63, 3.8) is 0 Å². The average Bonchev–Trinajstić information content (AvgIpc) is 1.77. The van der Waals surface area contributed by atoms with Crippen LogP contribution in [0.15, 0.2) is 24.5 Å². The van der Waals surface area contributed by atoms with Gasteiger partial charge >= 0.3 is 5.97 Å². The maximum absolute atomic E-state index is 10.4. The van der Waals surface area contributed by atoms with Crippen molar-refractivity contribution in [1.82, 2.24) is 0 Å². The van der Waals surface area contributed by atoms with Crippen molar-refractivity contribution in [2.45, 2.75) is 6.42 Å². The fourth-order valence-corrected chi connectivity index (χ4v) is 0.467. The van der Waals surface area contributed by atoms with Crippen LogP contribution in [0.25, 0.3) is 0 Å². The van der Waals surface area contributed by atoms with Crippen LogP contribution in [0.4, 0.5) is 0 Å². The number of carbonyl (C=O) groups is 1. The van der Waals surface area contributed by atoms with Crippen LogP contribution in [0.2, 0.25) is 0 Å². The van der Waals surface area contributed by atoms with E-state index in [2.05, 4.69) is 11.3 Å². The highest BCUT2D eigenvalue weighted by molar-refractivity contribution is 5.89. The first-order valence-corrected chi connectivity index (χ1v) is 2.34. The van der Waals surface area contributed by atoms with E-state index in [1.54, 1.807) is 6.08 Å². The van der Waals surface area contributed by atoms with Crippen molar-refractivity contribution < 1.29 is 9.53 Å². The number of ether oxygens (including phenoxy) is 1. The molecule has 0 aliphatic carbocycles. The Kier molecular flexibility index (Phi) is 1.16. The molecule has 2 nitrogen and oxygen atoms in total. The van der Waals surface area contributed by atoms with Gasteiger partial charge < -0.3 is 4.74 Å². The molecule has 0 saturated heterocycles. The monoisotopic (exact) mass is 110 g/mol. The number of allylic oxidation sites excluding steroid dienone is 1. The van der Waals surface area contributed by atoms with Gasteiger partial charge in [0.1, 0.15) is 0 Å². The molecule has 0 aromatic carbocycles. The topological polar surface area (TPSA) is 26.3 Å². The van der Waals surface area contributed by atoms with E-state index in [1.165, 1.54) is 6.26 Å². The summed E-state index contributed by atoms with van der Waals surface area (Å²) in [5, 5.41) is 0. The molecule has 0 fully saturated rings. The van der Waals surface area contributed by atoms with E-state index >= 15 is 0 Å². The van der Waals surface area contributed by atoms with E-state index in [0.29, 0.717) is 12.0 Å². The number of hydrogen-bond donors (Lipinski definition) is 0. The van der Waals surface area contributed by atoms with Crippen molar-refractivity contribution in [3.8, 4) is 0 Å². The zero-order chi connectivity index (χ0) is 5.98. The third-order valence-electron chi connectivity index (χ3n) is 0.924. The third-order valence-corrected chi connectivity index (χ3v) is 0.924. The van der Waals surface area contributed by atoms with Gasteiger partial charge in [-0.05, 0) is 6.08 Å². The van der Waals surface area contributed by atoms with Crippen LogP contribution in [0.1, 0.15) is 6.42 Å². The predicted octanol–water partition coefficient (Wildman–Crippen LogP) is 1.00. The van der Waals surface area contributed by atoms with Crippen molar-refractivity contribution >= 4 is 5.97 Å². The summed E-state index contributed by atoms with van der Waals surface area (Å²) >= 11 is 0. The lowest BCUT2D eigenvalue weighted by Crippen LogP contribution is -2.05. The molecule has 0 saturated carbocycles. The maximum atomic E-state index is 10.4.